The molecule has 1 heterocycles. The van der Waals surface area contributed by atoms with Crippen LogP contribution < -0.4 is 4.74 Å². The highest BCUT2D eigenvalue weighted by Gasteiger charge is 2.40. The predicted molar refractivity (Wildman–Crippen MR) is 67.7 cm³/mol. The summed E-state index contributed by atoms with van der Waals surface area (Å²) in [5.41, 5.74) is 1.46. The van der Waals surface area contributed by atoms with Crippen LogP contribution in [0.2, 0.25) is 0 Å². The van der Waals surface area contributed by atoms with Gasteiger partial charge >= 0.3 is 5.97 Å². The van der Waals surface area contributed by atoms with E-state index in [-0.39, 0.29) is 6.04 Å². The maximum atomic E-state index is 11.4. The van der Waals surface area contributed by atoms with Gasteiger partial charge in [-0.1, -0.05) is 18.2 Å². The van der Waals surface area contributed by atoms with Crippen molar-refractivity contribution in [1.82, 2.24) is 5.01 Å². The van der Waals surface area contributed by atoms with Crippen LogP contribution in [-0.2, 0) is 4.79 Å². The molecule has 96 valence electrons. The van der Waals surface area contributed by atoms with Gasteiger partial charge in [0.15, 0.2) is 0 Å². The van der Waals surface area contributed by atoms with Crippen LogP contribution in [0.1, 0.15) is 18.5 Å². The van der Waals surface area contributed by atoms with Crippen molar-refractivity contribution in [2.24, 2.45) is 11.0 Å². The van der Waals surface area contributed by atoms with E-state index in [1.807, 2.05) is 24.3 Å². The highest BCUT2D eigenvalue weighted by Crippen LogP contribution is 2.38. The van der Waals surface area contributed by atoms with E-state index >= 15 is 0 Å². The summed E-state index contributed by atoms with van der Waals surface area (Å²) in [5, 5.41) is 15.3. The predicted octanol–water partition coefficient (Wildman–Crippen LogP) is 1.76. The zero-order chi connectivity index (χ0) is 13.3. The molecule has 18 heavy (non-hydrogen) atoms. The quantitative estimate of drug-likeness (QED) is 0.885. The first kappa shape index (κ1) is 12.4. The Morgan fingerprint density at radius 3 is 2.72 bits per heavy atom. The number of carboxylic acids is 1. The van der Waals surface area contributed by atoms with Crippen LogP contribution in [0.3, 0.4) is 0 Å². The Morgan fingerprint density at radius 1 is 1.44 bits per heavy atom. The fourth-order valence-corrected chi connectivity index (χ4v) is 2.42. The number of carbonyl (C=O) groups is 1. The first-order chi connectivity index (χ1) is 8.56. The molecule has 1 aromatic carbocycles. The SMILES string of the molecule is COc1ccccc1C1C(C(=O)O)C(C)=NN1C. The highest BCUT2D eigenvalue weighted by atomic mass is 16.5. The third kappa shape index (κ3) is 1.92. The second-order valence-corrected chi connectivity index (χ2v) is 4.32. The number of ether oxygens (including phenoxy) is 1. The monoisotopic (exact) mass is 248 g/mol. The minimum absolute atomic E-state index is 0.321. The molecule has 0 aromatic heterocycles. The van der Waals surface area contributed by atoms with Crippen LogP contribution in [0.5, 0.6) is 5.75 Å². The standard InChI is InChI=1S/C13H16N2O3/c1-8-11(13(16)17)12(15(2)14-8)9-6-4-5-7-10(9)18-3/h4-7,11-12H,1-3H3,(H,16,17). The molecular weight excluding hydrogens is 232 g/mol. The number of hydrogen-bond acceptors (Lipinski definition) is 4. The van der Waals surface area contributed by atoms with Crippen LogP contribution in [-0.4, -0.2) is 36.0 Å². The van der Waals surface area contributed by atoms with Gasteiger partial charge in [0.2, 0.25) is 0 Å². The summed E-state index contributed by atoms with van der Waals surface area (Å²) in [7, 11) is 3.36. The molecule has 0 bridgehead atoms. The topological polar surface area (TPSA) is 62.1 Å². The fraction of sp³-hybridized carbons (Fsp3) is 0.385. The summed E-state index contributed by atoms with van der Waals surface area (Å²) in [5.74, 6) is -0.812. The van der Waals surface area contributed by atoms with Gasteiger partial charge in [-0.3, -0.25) is 9.80 Å². The van der Waals surface area contributed by atoms with E-state index in [2.05, 4.69) is 5.10 Å². The Bertz CT molecular complexity index is 499. The van der Waals surface area contributed by atoms with Gasteiger partial charge in [0.25, 0.3) is 0 Å². The fourth-order valence-electron chi connectivity index (χ4n) is 2.42. The molecule has 0 radical (unpaired) electrons. The summed E-state index contributed by atoms with van der Waals surface area (Å²) in [4.78, 5) is 11.4. The Hall–Kier alpha value is -2.04. The Labute approximate surface area is 106 Å². The van der Waals surface area contributed by atoms with E-state index in [0.717, 1.165) is 5.56 Å². The van der Waals surface area contributed by atoms with Crippen molar-refractivity contribution in [3.8, 4) is 5.75 Å². The number of para-hydroxylation sites is 1. The van der Waals surface area contributed by atoms with E-state index in [0.29, 0.717) is 11.5 Å². The van der Waals surface area contributed by atoms with Gasteiger partial charge in [0.05, 0.1) is 18.9 Å². The van der Waals surface area contributed by atoms with Gasteiger partial charge < -0.3 is 9.84 Å². The van der Waals surface area contributed by atoms with Gasteiger partial charge in [0.1, 0.15) is 11.7 Å². The van der Waals surface area contributed by atoms with Gasteiger partial charge in [-0.05, 0) is 13.0 Å². The van der Waals surface area contributed by atoms with Crippen LogP contribution in [0.15, 0.2) is 29.4 Å². The molecule has 0 saturated carbocycles. The third-order valence-electron chi connectivity index (χ3n) is 3.21. The van der Waals surface area contributed by atoms with Crippen LogP contribution in [0.4, 0.5) is 0 Å². The van der Waals surface area contributed by atoms with Crippen molar-refractivity contribution in [2.45, 2.75) is 13.0 Å². The number of aliphatic carboxylic acids is 1. The molecule has 5 heteroatoms. The largest absolute Gasteiger partial charge is 0.496 e. The van der Waals surface area contributed by atoms with E-state index < -0.39 is 11.9 Å². The van der Waals surface area contributed by atoms with Gasteiger partial charge in [0, 0.05) is 12.6 Å². The van der Waals surface area contributed by atoms with Crippen molar-refractivity contribution in [2.75, 3.05) is 14.2 Å². The van der Waals surface area contributed by atoms with E-state index in [9.17, 15) is 9.90 Å². The smallest absolute Gasteiger partial charge is 0.314 e. The lowest BCUT2D eigenvalue weighted by molar-refractivity contribution is -0.140. The average molecular weight is 248 g/mol. The molecule has 1 N–H and O–H groups in total. The second-order valence-electron chi connectivity index (χ2n) is 4.32. The third-order valence-corrected chi connectivity index (χ3v) is 3.21. The zero-order valence-corrected chi connectivity index (χ0v) is 10.6. The lowest BCUT2D eigenvalue weighted by Crippen LogP contribution is -2.29. The number of rotatable bonds is 3. The van der Waals surface area contributed by atoms with E-state index in [1.54, 1.807) is 26.1 Å². The van der Waals surface area contributed by atoms with Gasteiger partial charge in [-0.25, -0.2) is 0 Å². The van der Waals surface area contributed by atoms with Gasteiger partial charge in [-0.15, -0.1) is 0 Å². The number of nitrogens with zero attached hydrogens (tertiary/aromatic N) is 2. The molecule has 0 fully saturated rings. The lowest BCUT2D eigenvalue weighted by Gasteiger charge is -2.24. The normalized spacial score (nSPS) is 22.8. The minimum atomic E-state index is -0.864. The molecule has 5 nitrogen and oxygen atoms in total. The zero-order valence-electron chi connectivity index (χ0n) is 10.6. The van der Waals surface area contributed by atoms with Gasteiger partial charge in [-0.2, -0.15) is 5.10 Å². The summed E-state index contributed by atoms with van der Waals surface area (Å²) in [6.07, 6.45) is 0. The van der Waals surface area contributed by atoms with Crippen LogP contribution in [0.25, 0.3) is 0 Å². The molecule has 1 aromatic rings. The molecule has 1 aliphatic rings. The highest BCUT2D eigenvalue weighted by molar-refractivity contribution is 6.02. The summed E-state index contributed by atoms with van der Waals surface area (Å²) >= 11 is 0. The summed E-state index contributed by atoms with van der Waals surface area (Å²) in [6.45, 7) is 1.74. The summed E-state index contributed by atoms with van der Waals surface area (Å²) in [6, 6.07) is 7.12. The Balaban J connectivity index is 2.46. The number of hydrazone groups is 1. The molecule has 0 amide bonds. The van der Waals surface area contributed by atoms with Crippen molar-refractivity contribution < 1.29 is 14.6 Å². The molecule has 2 unspecified atom stereocenters. The second kappa shape index (κ2) is 4.68. The number of benzene rings is 1. The number of hydrogen-bond donors (Lipinski definition) is 1. The average Bonchev–Trinajstić information content (AvgIpc) is 2.64. The number of methoxy groups -OCH3 is 1. The first-order valence-corrected chi connectivity index (χ1v) is 5.70. The molecule has 1 aliphatic heterocycles. The van der Waals surface area contributed by atoms with E-state index in [1.165, 1.54) is 0 Å². The Morgan fingerprint density at radius 2 is 2.11 bits per heavy atom. The molecule has 0 saturated heterocycles. The van der Waals surface area contributed by atoms with Crippen molar-refractivity contribution in [3.05, 3.63) is 29.8 Å². The molecular formula is C13H16N2O3. The molecule has 0 spiro atoms. The lowest BCUT2D eigenvalue weighted by atomic mass is 9.90. The maximum absolute atomic E-state index is 11.4. The first-order valence-electron chi connectivity index (χ1n) is 5.70. The molecule has 2 rings (SSSR count). The minimum Gasteiger partial charge on any atom is -0.496 e. The van der Waals surface area contributed by atoms with Crippen molar-refractivity contribution in [3.63, 3.8) is 0 Å². The maximum Gasteiger partial charge on any atom is 0.314 e. The van der Waals surface area contributed by atoms with Crippen molar-refractivity contribution in [1.29, 1.82) is 0 Å². The molecule has 2 atom stereocenters. The Kier molecular flexibility index (Phi) is 3.23. The van der Waals surface area contributed by atoms with E-state index in [4.69, 9.17) is 4.74 Å². The van der Waals surface area contributed by atoms with Crippen LogP contribution in [0, 0.1) is 5.92 Å². The summed E-state index contributed by atoms with van der Waals surface area (Å²) < 4.78 is 5.30. The molecule has 0 aliphatic carbocycles. The van der Waals surface area contributed by atoms with Crippen molar-refractivity contribution >= 4 is 11.7 Å². The van der Waals surface area contributed by atoms with Crippen LogP contribution >= 0.6 is 0 Å². The number of carboxylic acid groups (broad SMARTS) is 1.